The lowest BCUT2D eigenvalue weighted by molar-refractivity contribution is 0.0853. The van der Waals surface area contributed by atoms with Crippen molar-refractivity contribution in [3.63, 3.8) is 0 Å². The molecule has 3 nitrogen and oxygen atoms in total. The van der Waals surface area contributed by atoms with Crippen molar-refractivity contribution < 1.29 is 9.47 Å². The summed E-state index contributed by atoms with van der Waals surface area (Å²) in [5, 5.41) is 7.49. The number of benzene rings is 4. The number of nitrogens with zero attached hydrogens (tertiary/aromatic N) is 1. The lowest BCUT2D eigenvalue weighted by Gasteiger charge is -2.30. The first-order valence-corrected chi connectivity index (χ1v) is 15.7. The Kier molecular flexibility index (Phi) is 6.40. The van der Waals surface area contributed by atoms with Gasteiger partial charge in [-0.2, -0.15) is 0 Å². The van der Waals surface area contributed by atoms with Crippen LogP contribution in [-0.2, 0) is 17.6 Å². The van der Waals surface area contributed by atoms with E-state index in [1.165, 1.54) is 49.2 Å². The van der Waals surface area contributed by atoms with Crippen LogP contribution < -0.4 is 4.74 Å². The highest BCUT2D eigenvalue weighted by Gasteiger charge is 2.31. The zero-order valence-electron chi connectivity index (χ0n) is 26.3. The van der Waals surface area contributed by atoms with E-state index >= 15 is 0 Å². The predicted octanol–water partition coefficient (Wildman–Crippen LogP) is 10.7. The second-order valence-electron chi connectivity index (χ2n) is 15.1. The van der Waals surface area contributed by atoms with Crippen molar-refractivity contribution in [1.82, 2.24) is 4.98 Å². The van der Waals surface area contributed by atoms with Crippen molar-refractivity contribution in [2.45, 2.75) is 80.1 Å². The van der Waals surface area contributed by atoms with Crippen molar-refractivity contribution in [2.75, 3.05) is 13.2 Å². The molecule has 0 amide bonds. The van der Waals surface area contributed by atoms with Crippen molar-refractivity contribution in [3.05, 3.63) is 77.0 Å². The molecule has 0 unspecified atom stereocenters. The normalized spacial score (nSPS) is 15.8. The number of hydrogen-bond acceptors (Lipinski definition) is 3. The molecular formula is C39H43NO2. The summed E-state index contributed by atoms with van der Waals surface area (Å²) in [4.78, 5) is 5.09. The summed E-state index contributed by atoms with van der Waals surface area (Å²) < 4.78 is 12.7. The number of fused-ring (bicyclic) bond motifs is 5. The monoisotopic (exact) mass is 557 g/mol. The first-order valence-electron chi connectivity index (χ1n) is 15.7. The van der Waals surface area contributed by atoms with Crippen LogP contribution in [0.2, 0.25) is 0 Å². The van der Waals surface area contributed by atoms with Crippen molar-refractivity contribution in [2.24, 2.45) is 10.8 Å². The van der Waals surface area contributed by atoms with Gasteiger partial charge in [-0.15, -0.1) is 0 Å². The lowest BCUT2D eigenvalue weighted by Crippen LogP contribution is -2.14. The zero-order chi connectivity index (χ0) is 29.4. The summed E-state index contributed by atoms with van der Waals surface area (Å²) in [6, 6.07) is 18.5. The average molecular weight is 558 g/mol. The molecule has 0 radical (unpaired) electrons. The largest absolute Gasteiger partial charge is 0.456 e. The summed E-state index contributed by atoms with van der Waals surface area (Å²) >= 11 is 0. The minimum Gasteiger partial charge on any atom is -0.456 e. The third-order valence-electron chi connectivity index (χ3n) is 9.12. The van der Waals surface area contributed by atoms with Crippen LogP contribution >= 0.6 is 0 Å². The van der Waals surface area contributed by atoms with E-state index < -0.39 is 0 Å². The summed E-state index contributed by atoms with van der Waals surface area (Å²) in [5.74, 6) is 2.47. The van der Waals surface area contributed by atoms with Gasteiger partial charge in [0.15, 0.2) is 0 Å². The highest BCUT2D eigenvalue weighted by Crippen LogP contribution is 2.53. The summed E-state index contributed by atoms with van der Waals surface area (Å²) in [6.45, 7) is 17.9. The van der Waals surface area contributed by atoms with Gasteiger partial charge in [0.2, 0.25) is 0 Å². The van der Waals surface area contributed by atoms with Crippen LogP contribution in [-0.4, -0.2) is 18.2 Å². The highest BCUT2D eigenvalue weighted by atomic mass is 16.5. The molecule has 1 aromatic heterocycles. The molecule has 2 aliphatic rings. The maximum atomic E-state index is 7.02. The molecular weight excluding hydrogens is 514 g/mol. The van der Waals surface area contributed by atoms with Gasteiger partial charge in [-0.05, 0) is 105 Å². The molecule has 4 aromatic carbocycles. The molecule has 7 rings (SSSR count). The number of pyridine rings is 1. The first-order chi connectivity index (χ1) is 20.0. The fourth-order valence-corrected chi connectivity index (χ4v) is 7.32. The third kappa shape index (κ3) is 4.76. The highest BCUT2D eigenvalue weighted by molar-refractivity contribution is 6.17. The Bertz CT molecular complexity index is 1860. The van der Waals surface area contributed by atoms with Crippen LogP contribution in [0.4, 0.5) is 0 Å². The first kappa shape index (κ1) is 27.4. The quantitative estimate of drug-likeness (QED) is 0.203. The van der Waals surface area contributed by atoms with Crippen molar-refractivity contribution in [1.29, 1.82) is 0 Å². The number of aryl methyl sites for hydroxylation is 1. The Labute approximate surface area is 250 Å². The van der Waals surface area contributed by atoms with E-state index in [2.05, 4.69) is 97.0 Å². The van der Waals surface area contributed by atoms with E-state index in [9.17, 15) is 0 Å². The molecule has 3 heteroatoms. The minimum atomic E-state index is 0.104. The minimum absolute atomic E-state index is 0.104. The molecule has 0 spiro atoms. The number of hydrogen-bond donors (Lipinski definition) is 0. The van der Waals surface area contributed by atoms with Gasteiger partial charge in [-0.1, -0.05) is 77.9 Å². The topological polar surface area (TPSA) is 31.4 Å². The van der Waals surface area contributed by atoms with Crippen LogP contribution in [0.3, 0.4) is 0 Å². The van der Waals surface area contributed by atoms with Crippen molar-refractivity contribution >= 4 is 32.3 Å². The smallest absolute Gasteiger partial charge is 0.140 e. The number of aromatic nitrogens is 1. The van der Waals surface area contributed by atoms with Gasteiger partial charge in [0, 0.05) is 30.5 Å². The van der Waals surface area contributed by atoms with E-state index in [-0.39, 0.29) is 10.8 Å². The molecule has 0 atom stereocenters. The Morgan fingerprint density at radius 3 is 2.29 bits per heavy atom. The molecule has 0 bridgehead atoms. The lowest BCUT2D eigenvalue weighted by atomic mass is 9.80. The van der Waals surface area contributed by atoms with Crippen LogP contribution in [0.25, 0.3) is 43.6 Å². The number of rotatable bonds is 3. The van der Waals surface area contributed by atoms with Gasteiger partial charge < -0.3 is 9.47 Å². The fraction of sp³-hybridized carbons (Fsp3) is 0.410. The van der Waals surface area contributed by atoms with Gasteiger partial charge in [0.1, 0.15) is 11.5 Å². The molecule has 1 saturated heterocycles. The maximum Gasteiger partial charge on any atom is 0.140 e. The van der Waals surface area contributed by atoms with Crippen LogP contribution in [0.5, 0.6) is 11.5 Å². The second-order valence-corrected chi connectivity index (χ2v) is 15.1. The molecule has 0 saturated carbocycles. The molecule has 2 aliphatic heterocycles. The molecule has 1 fully saturated rings. The van der Waals surface area contributed by atoms with Gasteiger partial charge in [-0.25, -0.2) is 0 Å². The molecule has 0 N–H and O–H groups in total. The summed E-state index contributed by atoms with van der Waals surface area (Å²) in [7, 11) is 0. The maximum absolute atomic E-state index is 7.02. The Morgan fingerprint density at radius 2 is 1.55 bits per heavy atom. The Hall–Kier alpha value is -3.43. The summed E-state index contributed by atoms with van der Waals surface area (Å²) in [6.07, 6.45) is 6.15. The molecule has 216 valence electrons. The summed E-state index contributed by atoms with van der Waals surface area (Å²) in [5.41, 5.74) is 7.89. The van der Waals surface area contributed by atoms with Crippen LogP contribution in [0.15, 0.2) is 54.7 Å². The molecule has 5 aromatic rings. The van der Waals surface area contributed by atoms with E-state index in [0.29, 0.717) is 5.92 Å². The molecule has 42 heavy (non-hydrogen) atoms. The van der Waals surface area contributed by atoms with Gasteiger partial charge in [-0.3, -0.25) is 4.98 Å². The molecule has 3 heterocycles. The number of ether oxygens (including phenoxy) is 2. The van der Waals surface area contributed by atoms with E-state index in [4.69, 9.17) is 14.5 Å². The van der Waals surface area contributed by atoms with E-state index in [1.54, 1.807) is 0 Å². The van der Waals surface area contributed by atoms with Gasteiger partial charge in [0.25, 0.3) is 0 Å². The zero-order valence-corrected chi connectivity index (χ0v) is 26.3. The Balaban J connectivity index is 1.50. The second kappa shape index (κ2) is 9.81. The van der Waals surface area contributed by atoms with Gasteiger partial charge in [0.05, 0.1) is 11.1 Å². The van der Waals surface area contributed by atoms with Gasteiger partial charge >= 0.3 is 0 Å². The van der Waals surface area contributed by atoms with E-state index in [0.717, 1.165) is 67.0 Å². The van der Waals surface area contributed by atoms with Crippen LogP contribution in [0.1, 0.15) is 82.6 Å². The van der Waals surface area contributed by atoms with E-state index in [1.807, 2.05) is 6.20 Å². The standard InChI is InChI=1S/C39H43NO2/c1-23-30-18-24(21-38(2,3)4)8-11-28(30)32(22-39(5,6)7)37-34(23)36-35-29(12-15-40-36)31-19-26(25-13-16-41-17-14-25)9-10-27(31)20-33(35)42-37/h8-12,15,18-20,25H,13-14,16-17,21-22H2,1-7H3. The Morgan fingerprint density at radius 1 is 0.786 bits per heavy atom. The third-order valence-corrected chi connectivity index (χ3v) is 9.12. The average Bonchev–Trinajstić information content (AvgIpc) is 2.94. The SMILES string of the molecule is Cc1c2c(c(CC(C)(C)C)c3ccc(CC(C)(C)C)cc13)Oc1cc3ccc(C4CCOCC4)cc3c3ccnc-2c13. The van der Waals surface area contributed by atoms with Crippen LogP contribution in [0, 0.1) is 17.8 Å². The fourth-order valence-electron chi connectivity index (χ4n) is 7.32. The molecule has 0 aliphatic carbocycles. The van der Waals surface area contributed by atoms with Crippen molar-refractivity contribution in [3.8, 4) is 22.8 Å². The predicted molar refractivity (Wildman–Crippen MR) is 176 cm³/mol.